The summed E-state index contributed by atoms with van der Waals surface area (Å²) in [5, 5.41) is 17.6. The van der Waals surface area contributed by atoms with E-state index in [9.17, 15) is 14.5 Å². The van der Waals surface area contributed by atoms with E-state index in [1.165, 1.54) is 6.07 Å². The average molecular weight is 314 g/mol. The Morgan fingerprint density at radius 2 is 2.14 bits per heavy atom. The minimum Gasteiger partial charge on any atom is -0.373 e. The maximum absolute atomic E-state index is 13.4. The van der Waals surface area contributed by atoms with Gasteiger partial charge in [-0.2, -0.15) is 0 Å². The summed E-state index contributed by atoms with van der Waals surface area (Å²) in [6.07, 6.45) is 0. The van der Waals surface area contributed by atoms with Crippen LogP contribution in [0.1, 0.15) is 30.0 Å². The molecule has 1 heterocycles. The van der Waals surface area contributed by atoms with Crippen LogP contribution in [0.3, 0.4) is 0 Å². The van der Waals surface area contributed by atoms with Crippen molar-refractivity contribution < 1.29 is 13.8 Å². The first-order valence-electron chi connectivity index (χ1n) is 6.14. The van der Waals surface area contributed by atoms with Gasteiger partial charge in [-0.15, -0.1) is 0 Å². The highest BCUT2D eigenvalue weighted by atomic mass is 35.5. The predicted octanol–water partition coefficient (Wildman–Crippen LogP) is 4.17. The molecule has 1 atom stereocenters. The fourth-order valence-corrected chi connectivity index (χ4v) is 2.38. The highest BCUT2D eigenvalue weighted by molar-refractivity contribution is 6.31. The summed E-state index contributed by atoms with van der Waals surface area (Å²) in [4.78, 5) is 10.3. The molecule has 0 saturated heterocycles. The molecule has 1 N–H and O–H groups in total. The third kappa shape index (κ3) is 2.97. The smallest absolute Gasteiger partial charge is 0.295 e. The number of rotatable bonds is 4. The van der Waals surface area contributed by atoms with Crippen LogP contribution >= 0.6 is 11.6 Å². The number of nitrogens with zero attached hydrogens (tertiary/aromatic N) is 2. The molecule has 1 unspecified atom stereocenters. The average Bonchev–Trinajstić information content (AvgIpc) is 2.72. The summed E-state index contributed by atoms with van der Waals surface area (Å²) in [5.74, 6) is -0.220. The van der Waals surface area contributed by atoms with E-state index in [4.69, 9.17) is 16.1 Å². The third-order valence-corrected chi connectivity index (χ3v) is 3.42. The molecule has 0 spiro atoms. The zero-order valence-corrected chi connectivity index (χ0v) is 12.4. The van der Waals surface area contributed by atoms with Gasteiger partial charge in [0.25, 0.3) is 5.69 Å². The van der Waals surface area contributed by atoms with Crippen molar-refractivity contribution in [3.63, 3.8) is 0 Å². The molecular formula is C13H13ClFN3O3. The van der Waals surface area contributed by atoms with Gasteiger partial charge in [0.05, 0.1) is 27.7 Å². The molecule has 0 saturated carbocycles. The molecule has 0 aliphatic rings. The molecule has 0 fully saturated rings. The predicted molar refractivity (Wildman–Crippen MR) is 76.1 cm³/mol. The Hall–Kier alpha value is -2.15. The van der Waals surface area contributed by atoms with Crippen molar-refractivity contribution >= 4 is 23.0 Å². The van der Waals surface area contributed by atoms with Crippen molar-refractivity contribution in [1.82, 2.24) is 5.16 Å². The summed E-state index contributed by atoms with van der Waals surface area (Å²) in [6, 6.07) is 1.69. The van der Waals surface area contributed by atoms with Gasteiger partial charge in [0.1, 0.15) is 17.3 Å². The van der Waals surface area contributed by atoms with Crippen molar-refractivity contribution in [3.8, 4) is 0 Å². The van der Waals surface area contributed by atoms with Gasteiger partial charge in [0.15, 0.2) is 0 Å². The molecule has 0 aliphatic carbocycles. The number of anilines is 1. The van der Waals surface area contributed by atoms with Crippen LogP contribution in [0.15, 0.2) is 16.7 Å². The standard InChI is InChI=1S/C13H13ClFN3O3/c1-6(13-7(2)17-21-8(13)3)16-11-4-9(14)10(15)5-12(11)18(19)20/h4-6,16H,1-3H3. The van der Waals surface area contributed by atoms with Crippen molar-refractivity contribution in [1.29, 1.82) is 0 Å². The zero-order valence-electron chi connectivity index (χ0n) is 11.6. The Balaban J connectivity index is 2.39. The molecule has 0 aliphatic heterocycles. The Labute approximate surface area is 125 Å². The highest BCUT2D eigenvalue weighted by Gasteiger charge is 2.22. The van der Waals surface area contributed by atoms with E-state index in [1.54, 1.807) is 20.8 Å². The lowest BCUT2D eigenvalue weighted by molar-refractivity contribution is -0.384. The number of hydrogen-bond donors (Lipinski definition) is 1. The number of nitro benzene ring substituents is 1. The first kappa shape index (κ1) is 15.2. The van der Waals surface area contributed by atoms with E-state index in [0.29, 0.717) is 11.5 Å². The lowest BCUT2D eigenvalue weighted by Gasteiger charge is -2.15. The van der Waals surface area contributed by atoms with Crippen LogP contribution < -0.4 is 5.32 Å². The van der Waals surface area contributed by atoms with Crippen LogP contribution in [0.2, 0.25) is 5.02 Å². The number of halogens is 2. The Morgan fingerprint density at radius 1 is 1.48 bits per heavy atom. The lowest BCUT2D eigenvalue weighted by atomic mass is 10.1. The molecule has 0 bridgehead atoms. The second-order valence-corrected chi connectivity index (χ2v) is 5.05. The minimum atomic E-state index is -0.834. The fraction of sp³-hybridized carbons (Fsp3) is 0.308. The van der Waals surface area contributed by atoms with E-state index in [0.717, 1.165) is 11.6 Å². The van der Waals surface area contributed by atoms with Crippen LogP contribution in [0.5, 0.6) is 0 Å². The number of nitrogens with one attached hydrogen (secondary N) is 1. The summed E-state index contributed by atoms with van der Waals surface area (Å²) >= 11 is 5.69. The van der Waals surface area contributed by atoms with E-state index < -0.39 is 10.7 Å². The molecule has 1 aromatic heterocycles. The minimum absolute atomic E-state index is 0.138. The van der Waals surface area contributed by atoms with Crippen molar-refractivity contribution in [3.05, 3.63) is 50.1 Å². The fourth-order valence-electron chi connectivity index (χ4n) is 2.22. The molecule has 6 nitrogen and oxygen atoms in total. The second-order valence-electron chi connectivity index (χ2n) is 4.64. The number of aromatic nitrogens is 1. The molecule has 1 aromatic carbocycles. The quantitative estimate of drug-likeness (QED) is 0.677. The molecule has 112 valence electrons. The Morgan fingerprint density at radius 3 is 2.67 bits per heavy atom. The molecule has 8 heteroatoms. The summed E-state index contributed by atoms with van der Waals surface area (Å²) in [5.41, 5.74) is 1.24. The Kier molecular flexibility index (Phi) is 4.13. The van der Waals surface area contributed by atoms with Gasteiger partial charge in [-0.05, 0) is 26.8 Å². The maximum Gasteiger partial charge on any atom is 0.295 e. The molecule has 2 aromatic rings. The number of benzene rings is 1. The van der Waals surface area contributed by atoms with Gasteiger partial charge in [0.2, 0.25) is 0 Å². The van der Waals surface area contributed by atoms with Gasteiger partial charge in [-0.25, -0.2) is 4.39 Å². The van der Waals surface area contributed by atoms with Crippen molar-refractivity contribution in [2.24, 2.45) is 0 Å². The first-order valence-corrected chi connectivity index (χ1v) is 6.51. The SMILES string of the molecule is Cc1noc(C)c1C(C)Nc1cc(Cl)c(F)cc1[N+](=O)[O-]. The number of aryl methyl sites for hydroxylation is 2. The molecular weight excluding hydrogens is 301 g/mol. The maximum atomic E-state index is 13.4. The Bertz CT molecular complexity index is 683. The number of hydrogen-bond acceptors (Lipinski definition) is 5. The normalized spacial score (nSPS) is 12.2. The lowest BCUT2D eigenvalue weighted by Crippen LogP contribution is -2.10. The van der Waals surface area contributed by atoms with E-state index >= 15 is 0 Å². The van der Waals surface area contributed by atoms with Gasteiger partial charge < -0.3 is 9.84 Å². The van der Waals surface area contributed by atoms with Crippen LogP contribution in [-0.2, 0) is 0 Å². The van der Waals surface area contributed by atoms with Gasteiger partial charge in [-0.1, -0.05) is 16.8 Å². The molecule has 21 heavy (non-hydrogen) atoms. The topological polar surface area (TPSA) is 81.2 Å². The largest absolute Gasteiger partial charge is 0.373 e. The van der Waals surface area contributed by atoms with Gasteiger partial charge >= 0.3 is 0 Å². The van der Waals surface area contributed by atoms with Crippen molar-refractivity contribution in [2.75, 3.05) is 5.32 Å². The summed E-state index contributed by atoms with van der Waals surface area (Å²) in [6.45, 7) is 5.32. The monoisotopic (exact) mass is 313 g/mol. The molecule has 0 amide bonds. The van der Waals surface area contributed by atoms with Crippen LogP contribution in [0.25, 0.3) is 0 Å². The summed E-state index contributed by atoms with van der Waals surface area (Å²) < 4.78 is 18.4. The summed E-state index contributed by atoms with van der Waals surface area (Å²) in [7, 11) is 0. The van der Waals surface area contributed by atoms with Gasteiger partial charge in [-0.3, -0.25) is 10.1 Å². The van der Waals surface area contributed by atoms with E-state index in [1.807, 2.05) is 0 Å². The van der Waals surface area contributed by atoms with E-state index in [-0.39, 0.29) is 22.4 Å². The van der Waals surface area contributed by atoms with Crippen LogP contribution in [0.4, 0.5) is 15.8 Å². The third-order valence-electron chi connectivity index (χ3n) is 3.13. The zero-order chi connectivity index (χ0) is 15.7. The van der Waals surface area contributed by atoms with Crippen LogP contribution in [-0.4, -0.2) is 10.1 Å². The molecule has 2 rings (SSSR count). The van der Waals surface area contributed by atoms with Crippen molar-refractivity contribution in [2.45, 2.75) is 26.8 Å². The second kappa shape index (κ2) is 5.69. The van der Waals surface area contributed by atoms with Gasteiger partial charge in [0, 0.05) is 5.56 Å². The highest BCUT2D eigenvalue weighted by Crippen LogP contribution is 2.33. The first-order chi connectivity index (χ1) is 9.81. The van der Waals surface area contributed by atoms with Crippen LogP contribution in [0, 0.1) is 29.8 Å². The number of nitro groups is 1. The van der Waals surface area contributed by atoms with E-state index in [2.05, 4.69) is 10.5 Å². The molecule has 0 radical (unpaired) electrons.